The Morgan fingerprint density at radius 1 is 1.44 bits per heavy atom. The molecule has 0 radical (unpaired) electrons. The van der Waals surface area contributed by atoms with Crippen molar-refractivity contribution in [3.63, 3.8) is 0 Å². The minimum atomic E-state index is -0.307. The van der Waals surface area contributed by atoms with Crippen molar-refractivity contribution in [1.82, 2.24) is 5.32 Å². The number of thioether (sulfide) groups is 1. The normalized spacial score (nSPS) is 12.2. The molecular formula is C12H17NO2S. The number of benzene rings is 1. The van der Waals surface area contributed by atoms with Crippen molar-refractivity contribution in [2.45, 2.75) is 24.8 Å². The third-order valence-electron chi connectivity index (χ3n) is 2.15. The quantitative estimate of drug-likeness (QED) is 0.772. The monoisotopic (exact) mass is 239 g/mol. The molecule has 0 saturated heterocycles. The molecule has 1 amide bonds. The van der Waals surface area contributed by atoms with Crippen LogP contribution >= 0.6 is 11.8 Å². The van der Waals surface area contributed by atoms with E-state index in [2.05, 4.69) is 12.2 Å². The second kappa shape index (κ2) is 6.55. The molecule has 1 rings (SSSR count). The largest absolute Gasteiger partial charge is 0.394 e. The molecule has 2 N–H and O–H groups in total. The Morgan fingerprint density at radius 3 is 2.50 bits per heavy atom. The van der Waals surface area contributed by atoms with Crippen LogP contribution in [0.2, 0.25) is 0 Å². The Hall–Kier alpha value is -1.00. The van der Waals surface area contributed by atoms with E-state index in [4.69, 9.17) is 0 Å². The topological polar surface area (TPSA) is 49.3 Å². The van der Waals surface area contributed by atoms with Crippen LogP contribution in [-0.2, 0) is 4.79 Å². The number of hydrogen-bond donors (Lipinski definition) is 2. The van der Waals surface area contributed by atoms with E-state index in [-0.39, 0.29) is 18.6 Å². The third kappa shape index (κ3) is 3.87. The second-order valence-corrected chi connectivity index (χ2v) is 4.78. The first-order valence-electron chi connectivity index (χ1n) is 5.28. The molecule has 0 saturated carbocycles. The Morgan fingerprint density at radius 2 is 2.06 bits per heavy atom. The highest BCUT2D eigenvalue weighted by Gasteiger charge is 2.10. The van der Waals surface area contributed by atoms with Gasteiger partial charge in [0.2, 0.25) is 5.91 Å². The fourth-order valence-corrected chi connectivity index (χ4v) is 2.10. The molecule has 3 nitrogen and oxygen atoms in total. The fraction of sp³-hybridized carbons (Fsp3) is 0.417. The SMILES string of the molecule is CCSc1ccc(C(CO)NC(C)=O)cc1. The Labute approximate surface area is 100 Å². The number of carbonyl (C=O) groups is 1. The number of carbonyl (C=O) groups excluding carboxylic acids is 1. The van der Waals surface area contributed by atoms with Gasteiger partial charge in [0.25, 0.3) is 0 Å². The second-order valence-electron chi connectivity index (χ2n) is 3.44. The number of hydrogen-bond acceptors (Lipinski definition) is 3. The van der Waals surface area contributed by atoms with Crippen molar-refractivity contribution < 1.29 is 9.90 Å². The molecule has 4 heteroatoms. The van der Waals surface area contributed by atoms with Crippen LogP contribution in [0.5, 0.6) is 0 Å². The maximum Gasteiger partial charge on any atom is 0.217 e. The summed E-state index contributed by atoms with van der Waals surface area (Å²) in [7, 11) is 0. The number of aliphatic hydroxyl groups is 1. The van der Waals surface area contributed by atoms with Crippen LogP contribution in [0.4, 0.5) is 0 Å². The molecule has 0 aliphatic heterocycles. The lowest BCUT2D eigenvalue weighted by Crippen LogP contribution is -2.28. The molecule has 0 aliphatic rings. The van der Waals surface area contributed by atoms with Crippen LogP contribution < -0.4 is 5.32 Å². The Bertz CT molecular complexity index is 337. The lowest BCUT2D eigenvalue weighted by Gasteiger charge is -2.15. The summed E-state index contributed by atoms with van der Waals surface area (Å²) in [6.45, 7) is 3.47. The summed E-state index contributed by atoms with van der Waals surface area (Å²) in [5, 5.41) is 11.9. The zero-order chi connectivity index (χ0) is 12.0. The molecule has 0 aliphatic carbocycles. The van der Waals surface area contributed by atoms with Gasteiger partial charge in [-0.15, -0.1) is 11.8 Å². The van der Waals surface area contributed by atoms with Gasteiger partial charge < -0.3 is 10.4 Å². The summed E-state index contributed by atoms with van der Waals surface area (Å²) in [6.07, 6.45) is 0. The van der Waals surface area contributed by atoms with E-state index in [9.17, 15) is 9.90 Å². The molecule has 1 unspecified atom stereocenters. The summed E-state index contributed by atoms with van der Waals surface area (Å²) < 4.78 is 0. The molecule has 16 heavy (non-hydrogen) atoms. The number of aliphatic hydroxyl groups excluding tert-OH is 1. The van der Waals surface area contributed by atoms with E-state index >= 15 is 0 Å². The molecule has 0 bridgehead atoms. The minimum Gasteiger partial charge on any atom is -0.394 e. The molecule has 0 heterocycles. The van der Waals surface area contributed by atoms with Gasteiger partial charge in [0.1, 0.15) is 0 Å². The van der Waals surface area contributed by atoms with Gasteiger partial charge in [-0.1, -0.05) is 19.1 Å². The maximum absolute atomic E-state index is 10.9. The van der Waals surface area contributed by atoms with Gasteiger partial charge in [0, 0.05) is 11.8 Å². The molecule has 0 aromatic heterocycles. The number of rotatable bonds is 5. The van der Waals surface area contributed by atoms with Crippen molar-refractivity contribution in [2.24, 2.45) is 0 Å². The van der Waals surface area contributed by atoms with Gasteiger partial charge >= 0.3 is 0 Å². The van der Waals surface area contributed by atoms with Gasteiger partial charge in [-0.05, 0) is 23.4 Å². The van der Waals surface area contributed by atoms with Gasteiger partial charge in [0.15, 0.2) is 0 Å². The molecule has 1 aromatic rings. The van der Waals surface area contributed by atoms with E-state index in [0.29, 0.717) is 0 Å². The van der Waals surface area contributed by atoms with Crippen LogP contribution in [0.25, 0.3) is 0 Å². The van der Waals surface area contributed by atoms with Crippen LogP contribution in [0.1, 0.15) is 25.5 Å². The van der Waals surface area contributed by atoms with Gasteiger partial charge in [-0.25, -0.2) is 0 Å². The van der Waals surface area contributed by atoms with E-state index in [1.54, 1.807) is 11.8 Å². The predicted octanol–water partition coefficient (Wildman–Crippen LogP) is 1.97. The summed E-state index contributed by atoms with van der Waals surface area (Å²) >= 11 is 1.77. The van der Waals surface area contributed by atoms with Gasteiger partial charge in [-0.2, -0.15) is 0 Å². The average molecular weight is 239 g/mol. The highest BCUT2D eigenvalue weighted by molar-refractivity contribution is 7.99. The summed E-state index contributed by atoms with van der Waals surface area (Å²) in [5.74, 6) is 0.903. The van der Waals surface area contributed by atoms with E-state index in [0.717, 1.165) is 11.3 Å². The molecule has 88 valence electrons. The third-order valence-corrected chi connectivity index (χ3v) is 3.05. The lowest BCUT2D eigenvalue weighted by molar-refractivity contribution is -0.120. The van der Waals surface area contributed by atoms with E-state index in [1.165, 1.54) is 11.8 Å². The number of amides is 1. The van der Waals surface area contributed by atoms with E-state index < -0.39 is 0 Å². The first kappa shape index (κ1) is 13.1. The van der Waals surface area contributed by atoms with Crippen LogP contribution in [-0.4, -0.2) is 23.4 Å². The summed E-state index contributed by atoms with van der Waals surface area (Å²) in [5.41, 5.74) is 0.929. The maximum atomic E-state index is 10.9. The molecule has 0 fully saturated rings. The lowest BCUT2D eigenvalue weighted by atomic mass is 10.1. The predicted molar refractivity (Wildman–Crippen MR) is 66.5 cm³/mol. The fourth-order valence-electron chi connectivity index (χ4n) is 1.44. The van der Waals surface area contributed by atoms with Crippen LogP contribution in [0, 0.1) is 0 Å². The first-order chi connectivity index (χ1) is 7.67. The zero-order valence-electron chi connectivity index (χ0n) is 9.56. The summed E-state index contributed by atoms with van der Waals surface area (Å²) in [6, 6.07) is 7.59. The van der Waals surface area contributed by atoms with Crippen molar-refractivity contribution in [2.75, 3.05) is 12.4 Å². The molecule has 0 spiro atoms. The smallest absolute Gasteiger partial charge is 0.217 e. The van der Waals surface area contributed by atoms with Gasteiger partial charge in [-0.3, -0.25) is 4.79 Å². The first-order valence-corrected chi connectivity index (χ1v) is 6.26. The minimum absolute atomic E-state index is 0.0835. The van der Waals surface area contributed by atoms with E-state index in [1.807, 2.05) is 24.3 Å². The van der Waals surface area contributed by atoms with Gasteiger partial charge in [0.05, 0.1) is 12.6 Å². The van der Waals surface area contributed by atoms with Crippen LogP contribution in [0.3, 0.4) is 0 Å². The molecule has 1 atom stereocenters. The van der Waals surface area contributed by atoms with Crippen molar-refractivity contribution in [1.29, 1.82) is 0 Å². The van der Waals surface area contributed by atoms with Crippen molar-refractivity contribution in [3.05, 3.63) is 29.8 Å². The number of nitrogens with one attached hydrogen (secondary N) is 1. The zero-order valence-corrected chi connectivity index (χ0v) is 10.4. The van der Waals surface area contributed by atoms with Crippen LogP contribution in [0.15, 0.2) is 29.2 Å². The van der Waals surface area contributed by atoms with Crippen molar-refractivity contribution in [3.8, 4) is 0 Å². The molecule has 1 aromatic carbocycles. The Balaban J connectivity index is 2.73. The highest BCUT2D eigenvalue weighted by atomic mass is 32.2. The average Bonchev–Trinajstić information content (AvgIpc) is 2.27. The highest BCUT2D eigenvalue weighted by Crippen LogP contribution is 2.20. The molecular weight excluding hydrogens is 222 g/mol. The Kier molecular flexibility index (Phi) is 5.35. The van der Waals surface area contributed by atoms with Crippen molar-refractivity contribution >= 4 is 17.7 Å². The standard InChI is InChI=1S/C12H17NO2S/c1-3-16-11-6-4-10(5-7-11)12(8-14)13-9(2)15/h4-7,12,14H,3,8H2,1-2H3,(H,13,15). The summed E-state index contributed by atoms with van der Waals surface area (Å²) in [4.78, 5) is 12.1.